The standard InChI is InChI=1S/C16H22Cl2N2O/c1-10-5-3-4-6-14(10)19-11(2)16(21)20-15-8-7-12(17)9-13(15)18/h7-11,14,19H,3-6H2,1-2H3,(H,20,21)/t10-,11+,14+/m1/s1. The van der Waals surface area contributed by atoms with Crippen LogP contribution in [0.4, 0.5) is 5.69 Å². The first-order valence-electron chi connectivity index (χ1n) is 7.49. The molecule has 3 atom stereocenters. The van der Waals surface area contributed by atoms with Crippen LogP contribution in [0.25, 0.3) is 0 Å². The Kier molecular flexibility index (Phi) is 5.91. The third-order valence-corrected chi connectivity index (χ3v) is 4.71. The lowest BCUT2D eigenvalue weighted by Crippen LogP contribution is -2.47. The molecule has 1 amide bonds. The number of amides is 1. The molecule has 0 saturated heterocycles. The summed E-state index contributed by atoms with van der Waals surface area (Å²) in [5.41, 5.74) is 0.594. The highest BCUT2D eigenvalue weighted by molar-refractivity contribution is 6.36. The van der Waals surface area contributed by atoms with Gasteiger partial charge in [0.15, 0.2) is 0 Å². The molecule has 1 aromatic carbocycles. The van der Waals surface area contributed by atoms with Crippen molar-refractivity contribution < 1.29 is 4.79 Å². The molecule has 21 heavy (non-hydrogen) atoms. The van der Waals surface area contributed by atoms with Crippen LogP contribution in [0.5, 0.6) is 0 Å². The highest BCUT2D eigenvalue weighted by Crippen LogP contribution is 2.26. The monoisotopic (exact) mass is 328 g/mol. The number of hydrogen-bond acceptors (Lipinski definition) is 2. The molecule has 2 N–H and O–H groups in total. The van der Waals surface area contributed by atoms with E-state index in [1.54, 1.807) is 18.2 Å². The zero-order valence-corrected chi connectivity index (χ0v) is 14.0. The van der Waals surface area contributed by atoms with E-state index < -0.39 is 0 Å². The predicted octanol–water partition coefficient (Wildman–Crippen LogP) is 4.49. The lowest BCUT2D eigenvalue weighted by Gasteiger charge is -2.31. The van der Waals surface area contributed by atoms with Crippen LogP contribution in [0.15, 0.2) is 18.2 Å². The summed E-state index contributed by atoms with van der Waals surface area (Å²) in [5.74, 6) is 0.546. The number of anilines is 1. The van der Waals surface area contributed by atoms with Crippen LogP contribution >= 0.6 is 23.2 Å². The number of halogens is 2. The number of rotatable bonds is 4. The molecule has 0 unspecified atom stereocenters. The van der Waals surface area contributed by atoms with E-state index in [0.717, 1.165) is 6.42 Å². The molecule has 1 aromatic rings. The van der Waals surface area contributed by atoms with E-state index in [9.17, 15) is 4.79 Å². The Morgan fingerprint density at radius 2 is 2.00 bits per heavy atom. The van der Waals surface area contributed by atoms with Crippen LogP contribution in [0.3, 0.4) is 0 Å². The molecule has 3 nitrogen and oxygen atoms in total. The van der Waals surface area contributed by atoms with Gasteiger partial charge in [-0.1, -0.05) is 43.0 Å². The third-order valence-electron chi connectivity index (χ3n) is 4.16. The van der Waals surface area contributed by atoms with Crippen molar-refractivity contribution in [3.05, 3.63) is 28.2 Å². The zero-order chi connectivity index (χ0) is 15.4. The highest BCUT2D eigenvalue weighted by atomic mass is 35.5. The molecule has 0 bridgehead atoms. The molecule has 1 aliphatic rings. The van der Waals surface area contributed by atoms with Crippen molar-refractivity contribution in [1.29, 1.82) is 0 Å². The summed E-state index contributed by atoms with van der Waals surface area (Å²) in [4.78, 5) is 12.3. The second-order valence-electron chi connectivity index (χ2n) is 5.87. The molecule has 1 aliphatic carbocycles. The Labute approximate surface area is 136 Å². The maximum atomic E-state index is 12.3. The van der Waals surface area contributed by atoms with Crippen molar-refractivity contribution in [3.8, 4) is 0 Å². The van der Waals surface area contributed by atoms with Crippen LogP contribution in [0.2, 0.25) is 10.0 Å². The molecule has 0 heterocycles. The number of carbonyl (C=O) groups is 1. The minimum absolute atomic E-state index is 0.0722. The predicted molar refractivity (Wildman–Crippen MR) is 89.1 cm³/mol. The summed E-state index contributed by atoms with van der Waals surface area (Å²) in [5, 5.41) is 7.30. The minimum atomic E-state index is -0.248. The number of nitrogens with one attached hydrogen (secondary N) is 2. The topological polar surface area (TPSA) is 41.1 Å². The zero-order valence-electron chi connectivity index (χ0n) is 12.5. The first kappa shape index (κ1) is 16.6. The van der Waals surface area contributed by atoms with Gasteiger partial charge in [0.2, 0.25) is 5.91 Å². The van der Waals surface area contributed by atoms with Gasteiger partial charge in [-0.3, -0.25) is 4.79 Å². The quantitative estimate of drug-likeness (QED) is 0.854. The molecule has 0 aliphatic heterocycles. The first-order valence-corrected chi connectivity index (χ1v) is 8.25. The molecule has 1 saturated carbocycles. The molecule has 0 spiro atoms. The van der Waals surface area contributed by atoms with Crippen molar-refractivity contribution >= 4 is 34.8 Å². The summed E-state index contributed by atoms with van der Waals surface area (Å²) in [6.07, 6.45) is 4.90. The maximum absolute atomic E-state index is 12.3. The molecular formula is C16H22Cl2N2O. The fraction of sp³-hybridized carbons (Fsp3) is 0.562. The second kappa shape index (κ2) is 7.48. The van der Waals surface area contributed by atoms with Crippen molar-refractivity contribution in [2.75, 3.05) is 5.32 Å². The Bertz CT molecular complexity index is 507. The van der Waals surface area contributed by atoms with Gasteiger partial charge in [-0.2, -0.15) is 0 Å². The van der Waals surface area contributed by atoms with Gasteiger partial charge >= 0.3 is 0 Å². The number of carbonyl (C=O) groups excluding carboxylic acids is 1. The third kappa shape index (κ3) is 4.60. The smallest absolute Gasteiger partial charge is 0.241 e. The van der Waals surface area contributed by atoms with Gasteiger partial charge in [0.1, 0.15) is 0 Å². The Hall–Kier alpha value is -0.770. The van der Waals surface area contributed by atoms with E-state index in [2.05, 4.69) is 17.6 Å². The average molecular weight is 329 g/mol. The fourth-order valence-electron chi connectivity index (χ4n) is 2.79. The molecular weight excluding hydrogens is 307 g/mol. The fourth-order valence-corrected chi connectivity index (χ4v) is 3.25. The van der Waals surface area contributed by atoms with Crippen LogP contribution in [-0.4, -0.2) is 18.0 Å². The molecule has 2 rings (SSSR count). The lowest BCUT2D eigenvalue weighted by atomic mass is 9.85. The Morgan fingerprint density at radius 3 is 2.67 bits per heavy atom. The van der Waals surface area contributed by atoms with Gasteiger partial charge in [-0.25, -0.2) is 0 Å². The summed E-state index contributed by atoms with van der Waals surface area (Å²) >= 11 is 11.9. The summed E-state index contributed by atoms with van der Waals surface area (Å²) < 4.78 is 0. The van der Waals surface area contributed by atoms with E-state index in [-0.39, 0.29) is 11.9 Å². The van der Waals surface area contributed by atoms with Gasteiger partial charge < -0.3 is 10.6 Å². The van der Waals surface area contributed by atoms with Crippen molar-refractivity contribution in [2.45, 2.75) is 51.6 Å². The van der Waals surface area contributed by atoms with E-state index >= 15 is 0 Å². The summed E-state index contributed by atoms with van der Waals surface area (Å²) in [6.45, 7) is 4.14. The number of hydrogen-bond donors (Lipinski definition) is 2. The molecule has 1 fully saturated rings. The van der Waals surface area contributed by atoms with E-state index in [1.807, 2.05) is 6.92 Å². The normalized spacial score (nSPS) is 23.6. The second-order valence-corrected chi connectivity index (χ2v) is 6.71. The van der Waals surface area contributed by atoms with Gasteiger partial charge in [-0.05, 0) is 43.9 Å². The minimum Gasteiger partial charge on any atom is -0.323 e. The van der Waals surface area contributed by atoms with Gasteiger partial charge in [0.25, 0.3) is 0 Å². The van der Waals surface area contributed by atoms with Gasteiger partial charge in [-0.15, -0.1) is 0 Å². The van der Waals surface area contributed by atoms with E-state index in [4.69, 9.17) is 23.2 Å². The molecule has 0 aromatic heterocycles. The van der Waals surface area contributed by atoms with Crippen LogP contribution < -0.4 is 10.6 Å². The van der Waals surface area contributed by atoms with Crippen LogP contribution in [0, 0.1) is 5.92 Å². The first-order chi connectivity index (χ1) is 9.97. The Morgan fingerprint density at radius 1 is 1.29 bits per heavy atom. The van der Waals surface area contributed by atoms with Gasteiger partial charge in [0, 0.05) is 11.1 Å². The summed E-state index contributed by atoms with van der Waals surface area (Å²) in [7, 11) is 0. The largest absolute Gasteiger partial charge is 0.323 e. The maximum Gasteiger partial charge on any atom is 0.241 e. The van der Waals surface area contributed by atoms with Crippen molar-refractivity contribution in [2.24, 2.45) is 5.92 Å². The number of benzene rings is 1. The lowest BCUT2D eigenvalue weighted by molar-refractivity contribution is -0.118. The average Bonchev–Trinajstić information content (AvgIpc) is 2.44. The Balaban J connectivity index is 1.92. The summed E-state index contributed by atoms with van der Waals surface area (Å²) in [6, 6.07) is 5.23. The molecule has 116 valence electrons. The van der Waals surface area contributed by atoms with Gasteiger partial charge in [0.05, 0.1) is 16.8 Å². The molecule has 5 heteroatoms. The van der Waals surface area contributed by atoms with Crippen LogP contribution in [-0.2, 0) is 4.79 Å². The van der Waals surface area contributed by atoms with Crippen LogP contribution in [0.1, 0.15) is 39.5 Å². The van der Waals surface area contributed by atoms with E-state index in [0.29, 0.717) is 27.7 Å². The highest BCUT2D eigenvalue weighted by Gasteiger charge is 2.25. The molecule has 0 radical (unpaired) electrons. The SMILES string of the molecule is C[C@H](N[C@H]1CCCC[C@H]1C)C(=O)Nc1ccc(Cl)cc1Cl. The van der Waals surface area contributed by atoms with Crippen molar-refractivity contribution in [3.63, 3.8) is 0 Å². The van der Waals surface area contributed by atoms with Crippen molar-refractivity contribution in [1.82, 2.24) is 5.32 Å². The van der Waals surface area contributed by atoms with E-state index in [1.165, 1.54) is 19.3 Å².